The Morgan fingerprint density at radius 2 is 1.93 bits per heavy atom. The van der Waals surface area contributed by atoms with E-state index in [1.54, 1.807) is 41.8 Å². The zero-order valence-corrected chi connectivity index (χ0v) is 17.4. The summed E-state index contributed by atoms with van der Waals surface area (Å²) in [5.41, 5.74) is 1.53. The van der Waals surface area contributed by atoms with Gasteiger partial charge < -0.3 is 5.11 Å². The monoisotopic (exact) mass is 430 g/mol. The van der Waals surface area contributed by atoms with Crippen LogP contribution in [-0.4, -0.2) is 21.8 Å². The zero-order chi connectivity index (χ0) is 20.0. The minimum atomic E-state index is -0.774. The number of amides is 1. The molecule has 8 heteroatoms. The van der Waals surface area contributed by atoms with Gasteiger partial charge in [0.1, 0.15) is 0 Å². The van der Waals surface area contributed by atoms with Gasteiger partial charge in [-0.1, -0.05) is 29.8 Å². The Kier molecular flexibility index (Phi) is 4.82. The molecule has 1 aliphatic heterocycles. The van der Waals surface area contributed by atoms with Gasteiger partial charge in [0.2, 0.25) is 5.78 Å². The van der Waals surface area contributed by atoms with Crippen molar-refractivity contribution < 1.29 is 14.7 Å². The molecule has 0 spiro atoms. The summed E-state index contributed by atoms with van der Waals surface area (Å²) in [5, 5.41) is 13.4. The fraction of sp³-hybridized carbons (Fsp3) is 0.150. The zero-order valence-electron chi connectivity index (χ0n) is 15.0. The topological polar surface area (TPSA) is 70.5 Å². The van der Waals surface area contributed by atoms with E-state index >= 15 is 0 Å². The van der Waals surface area contributed by atoms with Crippen molar-refractivity contribution in [1.82, 2.24) is 4.98 Å². The highest BCUT2D eigenvalue weighted by Gasteiger charge is 2.46. The molecule has 4 rings (SSSR count). The largest absolute Gasteiger partial charge is 0.503 e. The Labute approximate surface area is 174 Å². The molecule has 28 heavy (non-hydrogen) atoms. The Morgan fingerprint density at radius 1 is 1.21 bits per heavy atom. The maximum absolute atomic E-state index is 13.1. The molecule has 3 aromatic rings. The number of thiazole rings is 1. The summed E-state index contributed by atoms with van der Waals surface area (Å²) in [6.45, 7) is 3.78. The van der Waals surface area contributed by atoms with E-state index in [0.29, 0.717) is 20.6 Å². The predicted octanol–water partition coefficient (Wildman–Crippen LogP) is 5.26. The maximum atomic E-state index is 13.1. The Morgan fingerprint density at radius 3 is 2.50 bits per heavy atom. The number of aryl methyl sites for hydroxylation is 2. The fourth-order valence-electron chi connectivity index (χ4n) is 3.09. The highest BCUT2D eigenvalue weighted by atomic mass is 35.5. The van der Waals surface area contributed by atoms with E-state index in [0.717, 1.165) is 10.6 Å². The van der Waals surface area contributed by atoms with Gasteiger partial charge >= 0.3 is 0 Å². The van der Waals surface area contributed by atoms with Gasteiger partial charge in [-0.05, 0) is 43.0 Å². The van der Waals surface area contributed by atoms with E-state index < -0.39 is 17.7 Å². The molecule has 0 radical (unpaired) electrons. The third kappa shape index (κ3) is 3.05. The van der Waals surface area contributed by atoms with Crippen LogP contribution in [-0.2, 0) is 4.79 Å². The van der Waals surface area contributed by atoms with Gasteiger partial charge in [-0.2, -0.15) is 0 Å². The molecule has 0 fully saturated rings. The standard InChI is InChI=1S/C20H15ClN2O3S2/c1-10-11(2)28-20(22-10)23-16(12-5-7-13(21)8-6-12)15(18(25)19(23)26)17(24)14-4-3-9-27-14/h3-9,16,25H,1-2H3/t16-/m0/s1. The number of ketones is 1. The Balaban J connectivity index is 1.89. The van der Waals surface area contributed by atoms with Gasteiger partial charge in [0, 0.05) is 9.90 Å². The maximum Gasteiger partial charge on any atom is 0.296 e. The second-order valence-electron chi connectivity index (χ2n) is 6.34. The van der Waals surface area contributed by atoms with Crippen LogP contribution in [0.25, 0.3) is 0 Å². The number of nitrogens with zero attached hydrogens (tertiary/aromatic N) is 2. The summed E-state index contributed by atoms with van der Waals surface area (Å²) in [6.07, 6.45) is 0. The van der Waals surface area contributed by atoms with Gasteiger partial charge in [0.25, 0.3) is 5.91 Å². The van der Waals surface area contributed by atoms with Gasteiger partial charge in [-0.25, -0.2) is 4.98 Å². The lowest BCUT2D eigenvalue weighted by Gasteiger charge is -2.24. The molecule has 1 aromatic carbocycles. The molecule has 1 N–H and O–H groups in total. The molecule has 2 aromatic heterocycles. The average Bonchev–Trinajstić information content (AvgIpc) is 3.37. The number of aliphatic hydroxyl groups is 1. The van der Waals surface area contributed by atoms with Crippen molar-refractivity contribution in [3.63, 3.8) is 0 Å². The van der Waals surface area contributed by atoms with Crippen molar-refractivity contribution in [3.05, 3.63) is 79.1 Å². The first-order chi connectivity index (χ1) is 13.4. The van der Waals surface area contributed by atoms with E-state index in [1.165, 1.54) is 27.6 Å². The number of thiophene rings is 1. The summed E-state index contributed by atoms with van der Waals surface area (Å²) < 4.78 is 0. The van der Waals surface area contributed by atoms with E-state index in [-0.39, 0.29) is 11.4 Å². The Hall–Kier alpha value is -2.48. The Bertz CT molecular complexity index is 1080. The quantitative estimate of drug-likeness (QED) is 0.573. The lowest BCUT2D eigenvalue weighted by Crippen LogP contribution is -2.30. The SMILES string of the molecule is Cc1nc(N2C(=O)C(O)=C(C(=O)c3cccs3)[C@@H]2c2ccc(Cl)cc2)sc1C. The molecule has 0 saturated carbocycles. The molecule has 1 amide bonds. The van der Waals surface area contributed by atoms with Crippen LogP contribution in [0.1, 0.15) is 31.8 Å². The van der Waals surface area contributed by atoms with E-state index in [9.17, 15) is 14.7 Å². The van der Waals surface area contributed by atoms with Crippen molar-refractivity contribution >= 4 is 51.1 Å². The number of rotatable bonds is 4. The van der Waals surface area contributed by atoms with Crippen molar-refractivity contribution in [2.45, 2.75) is 19.9 Å². The number of carbonyl (C=O) groups excluding carboxylic acids is 2. The molecule has 5 nitrogen and oxygen atoms in total. The number of benzene rings is 1. The average molecular weight is 431 g/mol. The van der Waals surface area contributed by atoms with Gasteiger partial charge in [0.05, 0.1) is 22.2 Å². The van der Waals surface area contributed by atoms with E-state index in [2.05, 4.69) is 4.98 Å². The molecular formula is C20H15ClN2O3S2. The van der Waals surface area contributed by atoms with Crippen LogP contribution in [0.3, 0.4) is 0 Å². The molecular weight excluding hydrogens is 416 g/mol. The van der Waals surface area contributed by atoms with Crippen LogP contribution < -0.4 is 4.90 Å². The fourth-order valence-corrected chi connectivity index (χ4v) is 4.83. The van der Waals surface area contributed by atoms with Crippen LogP contribution in [0.2, 0.25) is 5.02 Å². The summed E-state index contributed by atoms with van der Waals surface area (Å²) in [7, 11) is 0. The second-order valence-corrected chi connectivity index (χ2v) is 8.90. The first-order valence-corrected chi connectivity index (χ1v) is 10.5. The molecule has 142 valence electrons. The summed E-state index contributed by atoms with van der Waals surface area (Å²) in [6, 6.07) is 9.55. The third-order valence-corrected chi connectivity index (χ3v) is 6.80. The normalized spacial score (nSPS) is 16.9. The van der Waals surface area contributed by atoms with Gasteiger partial charge in [-0.15, -0.1) is 22.7 Å². The van der Waals surface area contributed by atoms with Crippen molar-refractivity contribution in [2.24, 2.45) is 0 Å². The molecule has 3 heterocycles. The number of aliphatic hydroxyl groups excluding tert-OH is 1. The number of aromatic nitrogens is 1. The second kappa shape index (κ2) is 7.16. The molecule has 0 aliphatic carbocycles. The van der Waals surface area contributed by atoms with Crippen LogP contribution in [0.5, 0.6) is 0 Å². The van der Waals surface area contributed by atoms with Crippen LogP contribution >= 0.6 is 34.3 Å². The lowest BCUT2D eigenvalue weighted by molar-refractivity contribution is -0.117. The van der Waals surface area contributed by atoms with Crippen LogP contribution in [0.15, 0.2) is 53.1 Å². The molecule has 0 bridgehead atoms. The van der Waals surface area contributed by atoms with Gasteiger partial charge in [0.15, 0.2) is 10.9 Å². The molecule has 1 atom stereocenters. The molecule has 0 saturated heterocycles. The number of anilines is 1. The first kappa shape index (κ1) is 18.9. The van der Waals surface area contributed by atoms with Crippen molar-refractivity contribution in [3.8, 4) is 0 Å². The third-order valence-electron chi connectivity index (χ3n) is 4.61. The molecule has 0 unspecified atom stereocenters. The highest BCUT2D eigenvalue weighted by Crippen LogP contribution is 2.44. The number of hydrogen-bond acceptors (Lipinski definition) is 6. The summed E-state index contributed by atoms with van der Waals surface area (Å²) in [4.78, 5) is 33.4. The van der Waals surface area contributed by atoms with Crippen LogP contribution in [0.4, 0.5) is 5.13 Å². The minimum Gasteiger partial charge on any atom is -0.503 e. The highest BCUT2D eigenvalue weighted by molar-refractivity contribution is 7.16. The van der Waals surface area contributed by atoms with Gasteiger partial charge in [-0.3, -0.25) is 14.5 Å². The number of halogens is 1. The minimum absolute atomic E-state index is 0.0558. The van der Waals surface area contributed by atoms with E-state index in [1.807, 2.05) is 13.8 Å². The van der Waals surface area contributed by atoms with Crippen LogP contribution in [0, 0.1) is 13.8 Å². The number of carbonyl (C=O) groups is 2. The first-order valence-electron chi connectivity index (χ1n) is 8.43. The van der Waals surface area contributed by atoms with E-state index in [4.69, 9.17) is 11.6 Å². The number of Topliss-reactive ketones (excluding diaryl/α,β-unsaturated/α-hetero) is 1. The predicted molar refractivity (Wildman–Crippen MR) is 112 cm³/mol. The summed E-state index contributed by atoms with van der Waals surface area (Å²) in [5.74, 6) is -1.54. The van der Waals surface area contributed by atoms with Crippen molar-refractivity contribution in [2.75, 3.05) is 4.90 Å². The molecule has 1 aliphatic rings. The number of hydrogen-bond donors (Lipinski definition) is 1. The smallest absolute Gasteiger partial charge is 0.296 e. The summed E-state index contributed by atoms with van der Waals surface area (Å²) >= 11 is 8.63. The lowest BCUT2D eigenvalue weighted by atomic mass is 9.95. The van der Waals surface area contributed by atoms with Crippen molar-refractivity contribution in [1.29, 1.82) is 0 Å².